The molecule has 0 saturated heterocycles. The van der Waals surface area contributed by atoms with Crippen molar-refractivity contribution < 1.29 is 24.3 Å². The molecule has 1 heterocycles. The van der Waals surface area contributed by atoms with Crippen LogP contribution < -0.4 is 0 Å². The van der Waals surface area contributed by atoms with E-state index in [1.807, 2.05) is 18.2 Å². The second kappa shape index (κ2) is 8.14. The summed E-state index contributed by atoms with van der Waals surface area (Å²) in [6.45, 7) is 3.94. The van der Waals surface area contributed by atoms with E-state index in [0.29, 0.717) is 6.61 Å². The first-order chi connectivity index (χ1) is 11.6. The maximum absolute atomic E-state index is 11.8. The lowest BCUT2D eigenvalue weighted by atomic mass is 10.0. The van der Waals surface area contributed by atoms with Crippen LogP contribution in [0.5, 0.6) is 0 Å². The summed E-state index contributed by atoms with van der Waals surface area (Å²) in [5.41, 5.74) is 2.26. The summed E-state index contributed by atoms with van der Waals surface area (Å²) < 4.78 is 9.87. The molecule has 2 aromatic rings. The van der Waals surface area contributed by atoms with E-state index < -0.39 is 5.97 Å². The van der Waals surface area contributed by atoms with Gasteiger partial charge in [-0.2, -0.15) is 0 Å². The van der Waals surface area contributed by atoms with Gasteiger partial charge in [-0.15, -0.1) is 0 Å². The average molecular weight is 332 g/mol. The molecule has 1 aromatic carbocycles. The third-order valence-corrected chi connectivity index (χ3v) is 3.50. The van der Waals surface area contributed by atoms with Crippen molar-refractivity contribution in [3.63, 3.8) is 0 Å². The van der Waals surface area contributed by atoms with Crippen LogP contribution in [0.1, 0.15) is 25.0 Å². The second-order valence-electron chi connectivity index (χ2n) is 5.08. The van der Waals surface area contributed by atoms with Gasteiger partial charge in [0.25, 0.3) is 0 Å². The fourth-order valence-electron chi connectivity index (χ4n) is 2.53. The summed E-state index contributed by atoms with van der Waals surface area (Å²) >= 11 is 0. The number of esters is 2. The van der Waals surface area contributed by atoms with Crippen molar-refractivity contribution in [3.05, 3.63) is 35.5 Å². The molecule has 0 aliphatic carbocycles. The molecule has 0 fully saturated rings. The molecule has 128 valence electrons. The predicted molar refractivity (Wildman–Crippen MR) is 88.2 cm³/mol. The van der Waals surface area contributed by atoms with E-state index in [9.17, 15) is 9.59 Å². The third kappa shape index (κ3) is 3.92. The number of carbonyl (C=O) groups is 2. The molecule has 0 unspecified atom stereocenters. The molecule has 0 aliphatic rings. The number of ether oxygens (including phenoxy) is 2. The molecule has 2 N–H and O–H groups in total. The summed E-state index contributed by atoms with van der Waals surface area (Å²) in [7, 11) is 0. The molecule has 24 heavy (non-hydrogen) atoms. The van der Waals surface area contributed by atoms with E-state index in [1.54, 1.807) is 20.0 Å². The zero-order chi connectivity index (χ0) is 17.5. The molecule has 7 nitrogen and oxygen atoms in total. The standard InChI is InChI=1S/C17H20N2O5/c1-3-23-15(20)9-11-6-5-7-13-16(11)12(10-18-13)8-14(19-22)17(21)24-4-2/h5-7,10,18,22H,3-4,8-9H2,1-2H3/b19-14-. The van der Waals surface area contributed by atoms with Gasteiger partial charge >= 0.3 is 11.9 Å². The van der Waals surface area contributed by atoms with Crippen LogP contribution in [-0.4, -0.2) is 41.1 Å². The number of aromatic amines is 1. The van der Waals surface area contributed by atoms with E-state index in [1.165, 1.54) is 0 Å². The van der Waals surface area contributed by atoms with E-state index in [-0.39, 0.29) is 31.1 Å². The van der Waals surface area contributed by atoms with Gasteiger partial charge in [0.15, 0.2) is 5.71 Å². The monoisotopic (exact) mass is 332 g/mol. The van der Waals surface area contributed by atoms with Crippen LogP contribution in [0.2, 0.25) is 0 Å². The van der Waals surface area contributed by atoms with Gasteiger partial charge in [0.1, 0.15) is 0 Å². The van der Waals surface area contributed by atoms with Gasteiger partial charge in [-0.05, 0) is 31.0 Å². The van der Waals surface area contributed by atoms with E-state index in [2.05, 4.69) is 10.1 Å². The average Bonchev–Trinajstić information content (AvgIpc) is 2.97. The Labute approximate surface area is 139 Å². The third-order valence-electron chi connectivity index (χ3n) is 3.50. The first kappa shape index (κ1) is 17.5. The zero-order valence-electron chi connectivity index (χ0n) is 13.7. The summed E-state index contributed by atoms with van der Waals surface area (Å²) in [5.74, 6) is -0.990. The smallest absolute Gasteiger partial charge is 0.356 e. The van der Waals surface area contributed by atoms with E-state index in [0.717, 1.165) is 22.0 Å². The van der Waals surface area contributed by atoms with Crippen LogP contribution in [0.4, 0.5) is 0 Å². The lowest BCUT2D eigenvalue weighted by Crippen LogP contribution is -2.20. The summed E-state index contributed by atoms with van der Waals surface area (Å²) in [4.78, 5) is 26.7. The highest BCUT2D eigenvalue weighted by molar-refractivity contribution is 6.37. The number of benzene rings is 1. The SMILES string of the molecule is CCOC(=O)Cc1cccc2[nH]cc(C/C(=N/O)C(=O)OCC)c12. The normalized spacial score (nSPS) is 11.5. The number of fused-ring (bicyclic) bond motifs is 1. The van der Waals surface area contributed by atoms with Gasteiger partial charge in [0.2, 0.25) is 0 Å². The van der Waals surface area contributed by atoms with Crippen molar-refractivity contribution in [2.45, 2.75) is 26.7 Å². The Morgan fingerprint density at radius 1 is 1.12 bits per heavy atom. The molecule has 2 rings (SSSR count). The van der Waals surface area contributed by atoms with Crippen LogP contribution in [0.25, 0.3) is 10.9 Å². The Hall–Kier alpha value is -2.83. The highest BCUT2D eigenvalue weighted by Crippen LogP contribution is 2.24. The Balaban J connectivity index is 2.34. The number of oxime groups is 1. The highest BCUT2D eigenvalue weighted by Gasteiger charge is 2.18. The first-order valence-electron chi connectivity index (χ1n) is 7.72. The van der Waals surface area contributed by atoms with Crippen LogP contribution in [0.3, 0.4) is 0 Å². The molecule has 0 spiro atoms. The molecule has 1 aromatic heterocycles. The lowest BCUT2D eigenvalue weighted by molar-refractivity contribution is -0.142. The number of aromatic nitrogens is 1. The molecule has 0 aliphatic heterocycles. The van der Waals surface area contributed by atoms with Crippen molar-refractivity contribution >= 4 is 28.6 Å². The molecular formula is C17H20N2O5. The Bertz CT molecular complexity index is 763. The van der Waals surface area contributed by atoms with Gasteiger partial charge in [0.05, 0.1) is 19.6 Å². The summed E-state index contributed by atoms with van der Waals surface area (Å²) in [6, 6.07) is 5.54. The Kier molecular flexibility index (Phi) is 5.95. The zero-order valence-corrected chi connectivity index (χ0v) is 13.7. The van der Waals surface area contributed by atoms with Crippen molar-refractivity contribution in [2.75, 3.05) is 13.2 Å². The number of hydrogen-bond acceptors (Lipinski definition) is 6. The fourth-order valence-corrected chi connectivity index (χ4v) is 2.53. The number of nitrogens with zero attached hydrogens (tertiary/aromatic N) is 1. The minimum absolute atomic E-state index is 0.0924. The Morgan fingerprint density at radius 2 is 1.88 bits per heavy atom. The topological polar surface area (TPSA) is 101 Å². The molecule has 0 saturated carbocycles. The predicted octanol–water partition coefficient (Wildman–Crippen LogP) is 2.21. The maximum atomic E-state index is 11.8. The number of carbonyl (C=O) groups excluding carboxylic acids is 2. The van der Waals surface area contributed by atoms with Crippen LogP contribution >= 0.6 is 0 Å². The number of nitrogens with one attached hydrogen (secondary N) is 1. The minimum Gasteiger partial charge on any atom is -0.466 e. The molecule has 0 amide bonds. The number of rotatable bonds is 7. The van der Waals surface area contributed by atoms with E-state index in [4.69, 9.17) is 14.7 Å². The van der Waals surface area contributed by atoms with Crippen molar-refractivity contribution in [3.8, 4) is 0 Å². The minimum atomic E-state index is -0.669. The fraction of sp³-hybridized carbons (Fsp3) is 0.353. The quantitative estimate of drug-likeness (QED) is 0.350. The van der Waals surface area contributed by atoms with Gasteiger partial charge in [0, 0.05) is 23.5 Å². The van der Waals surface area contributed by atoms with Gasteiger partial charge < -0.3 is 19.7 Å². The van der Waals surface area contributed by atoms with Crippen molar-refractivity contribution in [2.24, 2.45) is 5.16 Å². The van der Waals surface area contributed by atoms with Gasteiger partial charge in [-0.1, -0.05) is 17.3 Å². The van der Waals surface area contributed by atoms with Crippen LogP contribution in [-0.2, 0) is 31.9 Å². The second-order valence-corrected chi connectivity index (χ2v) is 5.08. The molecule has 0 radical (unpaired) electrons. The number of hydrogen-bond donors (Lipinski definition) is 2. The molecule has 0 bridgehead atoms. The highest BCUT2D eigenvalue weighted by atomic mass is 16.5. The van der Waals surface area contributed by atoms with Crippen LogP contribution in [0, 0.1) is 0 Å². The van der Waals surface area contributed by atoms with E-state index >= 15 is 0 Å². The molecule has 0 atom stereocenters. The van der Waals surface area contributed by atoms with Crippen LogP contribution in [0.15, 0.2) is 29.6 Å². The van der Waals surface area contributed by atoms with Crippen molar-refractivity contribution in [1.29, 1.82) is 0 Å². The Morgan fingerprint density at radius 3 is 2.54 bits per heavy atom. The first-order valence-corrected chi connectivity index (χ1v) is 7.72. The largest absolute Gasteiger partial charge is 0.466 e. The summed E-state index contributed by atoms with van der Waals surface area (Å²) in [5, 5.41) is 12.9. The summed E-state index contributed by atoms with van der Waals surface area (Å²) in [6.07, 6.45) is 1.94. The number of H-pyrrole nitrogens is 1. The van der Waals surface area contributed by atoms with Gasteiger partial charge in [-0.3, -0.25) is 4.79 Å². The maximum Gasteiger partial charge on any atom is 0.356 e. The van der Waals surface area contributed by atoms with Gasteiger partial charge in [-0.25, -0.2) is 4.79 Å². The lowest BCUT2D eigenvalue weighted by Gasteiger charge is -2.07. The molecular weight excluding hydrogens is 312 g/mol. The molecule has 7 heteroatoms. The van der Waals surface area contributed by atoms with Crippen molar-refractivity contribution in [1.82, 2.24) is 4.98 Å².